The lowest BCUT2D eigenvalue weighted by molar-refractivity contribution is -0.140. The van der Waals surface area contributed by atoms with Crippen molar-refractivity contribution in [1.29, 1.82) is 0 Å². The molecule has 0 spiro atoms. The molecule has 0 saturated heterocycles. The molecule has 0 heterocycles. The zero-order chi connectivity index (χ0) is 35.5. The number of ether oxygens (including phenoxy) is 1. The summed E-state index contributed by atoms with van der Waals surface area (Å²) in [5.41, 5.74) is 2.99. The number of hydrogen-bond donors (Lipinski definition) is 1. The van der Waals surface area contributed by atoms with Gasteiger partial charge in [0.25, 0.3) is 10.0 Å². The van der Waals surface area contributed by atoms with Crippen molar-refractivity contribution in [1.82, 2.24) is 10.2 Å². The van der Waals surface area contributed by atoms with E-state index in [0.29, 0.717) is 17.9 Å². The van der Waals surface area contributed by atoms with Crippen LogP contribution in [0.15, 0.2) is 144 Å². The monoisotopic (exact) mass is 689 g/mol. The predicted molar refractivity (Wildman–Crippen MR) is 197 cm³/mol. The number of nitrogens with zero attached hydrogens (tertiary/aromatic N) is 2. The molecule has 5 rings (SSSR count). The Balaban J connectivity index is 1.55. The number of anilines is 1. The Hall–Kier alpha value is -5.41. The average molecular weight is 690 g/mol. The van der Waals surface area contributed by atoms with Gasteiger partial charge in [0.05, 0.1) is 10.6 Å². The van der Waals surface area contributed by atoms with Gasteiger partial charge in [-0.05, 0) is 79.9 Å². The van der Waals surface area contributed by atoms with Crippen LogP contribution in [0, 0.1) is 6.92 Å². The fourth-order valence-electron chi connectivity index (χ4n) is 5.56. The number of nitrogens with one attached hydrogen (secondary N) is 1. The van der Waals surface area contributed by atoms with Crippen molar-refractivity contribution in [3.8, 4) is 11.5 Å². The van der Waals surface area contributed by atoms with Crippen LogP contribution in [0.1, 0.15) is 37.0 Å². The second-order valence-corrected chi connectivity index (χ2v) is 14.1. The average Bonchev–Trinajstić information content (AvgIpc) is 3.13. The van der Waals surface area contributed by atoms with Crippen LogP contribution in [0.25, 0.3) is 0 Å². The van der Waals surface area contributed by atoms with E-state index in [4.69, 9.17) is 4.74 Å². The number of hydrogen-bond acceptors (Lipinski definition) is 5. The highest BCUT2D eigenvalue weighted by Crippen LogP contribution is 2.29. The van der Waals surface area contributed by atoms with Crippen LogP contribution in [0.4, 0.5) is 5.69 Å². The summed E-state index contributed by atoms with van der Waals surface area (Å²) in [5.74, 6) is 0.324. The van der Waals surface area contributed by atoms with Gasteiger partial charge < -0.3 is 15.0 Å². The van der Waals surface area contributed by atoms with Gasteiger partial charge in [0, 0.05) is 19.0 Å². The van der Waals surface area contributed by atoms with Crippen LogP contribution in [-0.4, -0.2) is 43.8 Å². The Morgan fingerprint density at radius 2 is 1.32 bits per heavy atom. The maximum absolute atomic E-state index is 14.7. The summed E-state index contributed by atoms with van der Waals surface area (Å²) in [7, 11) is -4.22. The number of carbonyl (C=O) groups is 2. The third-order valence-corrected chi connectivity index (χ3v) is 10.2. The van der Waals surface area contributed by atoms with Gasteiger partial charge in [0.1, 0.15) is 24.1 Å². The molecule has 0 saturated carbocycles. The van der Waals surface area contributed by atoms with Gasteiger partial charge in [-0.2, -0.15) is 0 Å². The van der Waals surface area contributed by atoms with Crippen molar-refractivity contribution in [2.45, 2.75) is 57.1 Å². The zero-order valence-corrected chi connectivity index (χ0v) is 29.4. The summed E-state index contributed by atoms with van der Waals surface area (Å²) in [5, 5.41) is 3.07. The van der Waals surface area contributed by atoms with E-state index in [-0.39, 0.29) is 35.5 Å². The van der Waals surface area contributed by atoms with Crippen molar-refractivity contribution in [2.75, 3.05) is 10.8 Å². The summed E-state index contributed by atoms with van der Waals surface area (Å²) >= 11 is 0. The highest BCUT2D eigenvalue weighted by Gasteiger charge is 2.35. The third-order valence-electron chi connectivity index (χ3n) is 8.42. The minimum atomic E-state index is -4.22. The molecule has 0 radical (unpaired) electrons. The number of rotatable bonds is 15. The predicted octanol–water partition coefficient (Wildman–Crippen LogP) is 7.54. The number of carbonyl (C=O) groups excluding carboxylic acids is 2. The summed E-state index contributed by atoms with van der Waals surface area (Å²) in [6, 6.07) is 40.1. The van der Waals surface area contributed by atoms with Crippen LogP contribution in [0.3, 0.4) is 0 Å². The van der Waals surface area contributed by atoms with Crippen LogP contribution < -0.4 is 14.4 Å². The standard InChI is InChI=1S/C41H43N3O5S/c1-4-32(3)42-41(46)39(28-33-16-8-5-9-17-33)43(29-34-18-14-15-31(2)27-34)40(45)30-44(50(47,48)38-21-12-7-13-22-38)35-23-25-37(26-24-35)49-36-19-10-6-11-20-36/h5-27,32,39H,4,28-30H2,1-3H3,(H,42,46)/t32-,39+/m1/s1. The molecule has 5 aromatic carbocycles. The molecule has 2 atom stereocenters. The van der Waals surface area contributed by atoms with Gasteiger partial charge in [-0.1, -0.05) is 103 Å². The molecule has 5 aromatic rings. The molecular weight excluding hydrogens is 647 g/mol. The first kappa shape index (κ1) is 35.9. The molecule has 0 aromatic heterocycles. The number of amides is 2. The van der Waals surface area contributed by atoms with Gasteiger partial charge in [-0.15, -0.1) is 0 Å². The topological polar surface area (TPSA) is 96.0 Å². The fraction of sp³-hybridized carbons (Fsp3) is 0.220. The second kappa shape index (κ2) is 16.8. The minimum absolute atomic E-state index is 0.0398. The van der Waals surface area contributed by atoms with Crippen molar-refractivity contribution >= 4 is 27.5 Å². The maximum atomic E-state index is 14.7. The lowest BCUT2D eigenvalue weighted by Gasteiger charge is -2.34. The van der Waals surface area contributed by atoms with E-state index in [1.54, 1.807) is 42.5 Å². The van der Waals surface area contributed by atoms with Crippen molar-refractivity contribution in [3.63, 3.8) is 0 Å². The molecule has 9 heteroatoms. The molecular formula is C41H43N3O5S. The van der Waals surface area contributed by atoms with Gasteiger partial charge in [0.2, 0.25) is 11.8 Å². The second-order valence-electron chi connectivity index (χ2n) is 12.3. The molecule has 0 aliphatic carbocycles. The molecule has 0 fully saturated rings. The molecule has 0 bridgehead atoms. The Morgan fingerprint density at radius 3 is 1.94 bits per heavy atom. The SMILES string of the molecule is CC[C@@H](C)NC(=O)[C@H](Cc1ccccc1)N(Cc1cccc(C)c1)C(=O)CN(c1ccc(Oc2ccccc2)cc1)S(=O)(=O)c1ccccc1. The third kappa shape index (κ3) is 9.39. The summed E-state index contributed by atoms with van der Waals surface area (Å²) in [6.45, 7) is 5.43. The van der Waals surface area contributed by atoms with Crippen molar-refractivity contribution in [2.24, 2.45) is 0 Å². The first-order valence-electron chi connectivity index (χ1n) is 16.7. The quantitative estimate of drug-likeness (QED) is 0.123. The molecule has 2 amide bonds. The van der Waals surface area contributed by atoms with E-state index >= 15 is 0 Å². The summed E-state index contributed by atoms with van der Waals surface area (Å²) in [6.07, 6.45) is 0.959. The number of aryl methyl sites for hydroxylation is 1. The van der Waals surface area contributed by atoms with Gasteiger partial charge in [-0.3, -0.25) is 13.9 Å². The first-order chi connectivity index (χ1) is 24.1. The highest BCUT2D eigenvalue weighted by atomic mass is 32.2. The molecule has 8 nitrogen and oxygen atoms in total. The van der Waals surface area contributed by atoms with Crippen LogP contribution >= 0.6 is 0 Å². The molecule has 50 heavy (non-hydrogen) atoms. The largest absolute Gasteiger partial charge is 0.457 e. The zero-order valence-electron chi connectivity index (χ0n) is 28.6. The normalized spacial score (nSPS) is 12.4. The van der Waals surface area contributed by atoms with E-state index in [9.17, 15) is 18.0 Å². The summed E-state index contributed by atoms with van der Waals surface area (Å²) in [4.78, 5) is 30.3. The summed E-state index contributed by atoms with van der Waals surface area (Å²) < 4.78 is 35.6. The van der Waals surface area contributed by atoms with Crippen molar-refractivity contribution in [3.05, 3.63) is 156 Å². The smallest absolute Gasteiger partial charge is 0.264 e. The lowest BCUT2D eigenvalue weighted by atomic mass is 10.0. The van der Waals surface area contributed by atoms with E-state index in [2.05, 4.69) is 5.32 Å². The molecule has 258 valence electrons. The fourth-order valence-corrected chi connectivity index (χ4v) is 6.99. The Labute approximate surface area is 295 Å². The Bertz CT molecular complexity index is 1950. The van der Waals surface area contributed by atoms with Crippen LogP contribution in [0.5, 0.6) is 11.5 Å². The molecule has 0 unspecified atom stereocenters. The molecule has 1 N–H and O–H groups in total. The Kier molecular flexibility index (Phi) is 12.1. The van der Waals surface area contributed by atoms with E-state index in [1.807, 2.05) is 106 Å². The van der Waals surface area contributed by atoms with Crippen molar-refractivity contribution < 1.29 is 22.7 Å². The van der Waals surface area contributed by atoms with Gasteiger partial charge in [-0.25, -0.2) is 8.42 Å². The van der Waals surface area contributed by atoms with Crippen LogP contribution in [0.2, 0.25) is 0 Å². The van der Waals surface area contributed by atoms with Crippen LogP contribution in [-0.2, 0) is 32.6 Å². The minimum Gasteiger partial charge on any atom is -0.457 e. The van der Waals surface area contributed by atoms with Gasteiger partial charge in [0.15, 0.2) is 0 Å². The first-order valence-corrected chi connectivity index (χ1v) is 18.2. The Morgan fingerprint density at radius 1 is 0.740 bits per heavy atom. The molecule has 0 aliphatic heterocycles. The number of sulfonamides is 1. The van der Waals surface area contributed by atoms with E-state index in [0.717, 1.165) is 21.0 Å². The van der Waals surface area contributed by atoms with E-state index in [1.165, 1.54) is 17.0 Å². The molecule has 0 aliphatic rings. The highest BCUT2D eigenvalue weighted by molar-refractivity contribution is 7.92. The van der Waals surface area contributed by atoms with E-state index < -0.39 is 28.5 Å². The van der Waals surface area contributed by atoms with Gasteiger partial charge >= 0.3 is 0 Å². The number of benzene rings is 5. The number of para-hydroxylation sites is 1. The lowest BCUT2D eigenvalue weighted by Crippen LogP contribution is -2.54. The maximum Gasteiger partial charge on any atom is 0.264 e.